The number of carboxylic acid groups (broad SMARTS) is 2. The summed E-state index contributed by atoms with van der Waals surface area (Å²) in [5, 5.41) is 33.3. The van der Waals surface area contributed by atoms with Crippen LogP contribution in [-0.2, 0) is 45.4 Å². The zero-order valence-electron chi connectivity index (χ0n) is 23.7. The quantitative estimate of drug-likeness (QED) is 0.235. The Morgan fingerprint density at radius 1 is 0.629 bits per heavy atom. The van der Waals surface area contributed by atoms with Crippen molar-refractivity contribution in [1.29, 1.82) is 0 Å². The fraction of sp³-hybridized carbons (Fsp3) is 0.846. The Kier molecular flexibility index (Phi) is 31.2. The van der Waals surface area contributed by atoms with Gasteiger partial charge in [0.05, 0.1) is 0 Å². The Hall–Kier alpha value is -0.917. The molecule has 2 unspecified atom stereocenters. The van der Waals surface area contributed by atoms with Gasteiger partial charge in [0.25, 0.3) is 0 Å². The summed E-state index contributed by atoms with van der Waals surface area (Å²) < 4.78 is 0. The van der Waals surface area contributed by atoms with Crippen LogP contribution in [0.5, 0.6) is 0 Å². The SMILES string of the molecule is CCC(C)(C)C(=O)C(C)C(=O)O.CCC(C)(C)C(=O)C(C)C(=O)O.CCCCO.CCCCO.[Zr]. The van der Waals surface area contributed by atoms with Crippen LogP contribution in [0.15, 0.2) is 0 Å². The first-order chi connectivity index (χ1) is 15.5. The number of hydrogen-bond acceptors (Lipinski definition) is 6. The number of aliphatic carboxylic acids is 2. The topological polar surface area (TPSA) is 149 Å². The van der Waals surface area contributed by atoms with Crippen molar-refractivity contribution in [2.24, 2.45) is 22.7 Å². The molecule has 35 heavy (non-hydrogen) atoms. The van der Waals surface area contributed by atoms with E-state index in [0.717, 1.165) is 25.7 Å². The molecule has 208 valence electrons. The summed E-state index contributed by atoms with van der Waals surface area (Å²) in [4.78, 5) is 43.9. The van der Waals surface area contributed by atoms with Crippen LogP contribution in [0.25, 0.3) is 0 Å². The van der Waals surface area contributed by atoms with Crippen molar-refractivity contribution in [3.63, 3.8) is 0 Å². The molecule has 0 aliphatic heterocycles. The zero-order valence-corrected chi connectivity index (χ0v) is 26.2. The molecule has 0 rings (SSSR count). The van der Waals surface area contributed by atoms with Crippen LogP contribution >= 0.6 is 0 Å². The average molecular weight is 584 g/mol. The minimum atomic E-state index is -1.04. The standard InChI is InChI=1S/2C9H16O3.2C4H10O.Zr/c2*1-5-9(3,4)7(10)6(2)8(11)12;2*1-2-3-4-5;/h2*6H,5H2,1-4H3,(H,11,12);2*5H,2-4H2,1H3;. The minimum absolute atomic E-state index is 0. The molecule has 0 aromatic rings. The molecule has 0 amide bonds. The second-order valence-electron chi connectivity index (χ2n) is 9.48. The van der Waals surface area contributed by atoms with E-state index in [4.69, 9.17) is 20.4 Å². The fourth-order valence-corrected chi connectivity index (χ4v) is 2.06. The van der Waals surface area contributed by atoms with Gasteiger partial charge in [-0.3, -0.25) is 19.2 Å². The fourth-order valence-electron chi connectivity index (χ4n) is 2.06. The Labute approximate surface area is 232 Å². The third-order valence-corrected chi connectivity index (χ3v) is 5.65. The van der Waals surface area contributed by atoms with Gasteiger partial charge in [0.2, 0.25) is 0 Å². The van der Waals surface area contributed by atoms with E-state index >= 15 is 0 Å². The van der Waals surface area contributed by atoms with E-state index in [9.17, 15) is 19.2 Å². The maximum Gasteiger partial charge on any atom is 0.313 e. The predicted molar refractivity (Wildman–Crippen MR) is 136 cm³/mol. The maximum absolute atomic E-state index is 11.5. The van der Waals surface area contributed by atoms with Crippen LogP contribution in [0.3, 0.4) is 0 Å². The van der Waals surface area contributed by atoms with Gasteiger partial charge >= 0.3 is 11.9 Å². The third-order valence-electron chi connectivity index (χ3n) is 5.65. The van der Waals surface area contributed by atoms with Gasteiger partial charge < -0.3 is 20.4 Å². The number of rotatable bonds is 12. The molecule has 0 fully saturated rings. The van der Waals surface area contributed by atoms with Crippen molar-refractivity contribution in [2.75, 3.05) is 13.2 Å². The van der Waals surface area contributed by atoms with E-state index < -0.39 is 34.6 Å². The number of carboxylic acids is 2. The monoisotopic (exact) mass is 582 g/mol. The Balaban J connectivity index is -0.000000122. The first-order valence-corrected chi connectivity index (χ1v) is 12.2. The summed E-state index contributed by atoms with van der Waals surface area (Å²) >= 11 is 0. The van der Waals surface area contributed by atoms with E-state index in [0.29, 0.717) is 26.1 Å². The number of ketones is 2. The van der Waals surface area contributed by atoms with Gasteiger partial charge in [0, 0.05) is 50.2 Å². The van der Waals surface area contributed by atoms with Crippen LogP contribution in [0.4, 0.5) is 0 Å². The number of carbonyl (C=O) groups excluding carboxylic acids is 2. The minimum Gasteiger partial charge on any atom is -0.481 e. The van der Waals surface area contributed by atoms with Crippen molar-refractivity contribution in [3.05, 3.63) is 0 Å². The number of unbranched alkanes of at least 4 members (excludes halogenated alkanes) is 2. The van der Waals surface area contributed by atoms with Gasteiger partial charge in [-0.1, -0.05) is 68.2 Å². The zero-order chi connectivity index (χ0) is 28.1. The van der Waals surface area contributed by atoms with E-state index in [1.807, 2.05) is 13.8 Å². The number of aliphatic hydroxyl groups is 2. The first kappa shape index (κ1) is 44.1. The van der Waals surface area contributed by atoms with E-state index in [1.54, 1.807) is 27.7 Å². The van der Waals surface area contributed by atoms with Gasteiger partial charge in [-0.15, -0.1) is 0 Å². The Bertz CT molecular complexity index is 520. The number of hydrogen-bond donors (Lipinski definition) is 4. The van der Waals surface area contributed by atoms with Crippen molar-refractivity contribution in [3.8, 4) is 0 Å². The van der Waals surface area contributed by atoms with E-state index in [1.165, 1.54) is 13.8 Å². The molecule has 0 aromatic carbocycles. The molecular formula is C26H52O8Zr. The summed E-state index contributed by atoms with van der Waals surface area (Å²) in [6.45, 7) is 18.5. The molecule has 4 N–H and O–H groups in total. The molecule has 2 atom stereocenters. The normalized spacial score (nSPS) is 12.0. The molecule has 0 aromatic heterocycles. The van der Waals surface area contributed by atoms with E-state index in [-0.39, 0.29) is 37.8 Å². The maximum atomic E-state index is 11.5. The first-order valence-electron chi connectivity index (χ1n) is 12.2. The summed E-state index contributed by atoms with van der Waals surface area (Å²) in [6.07, 6.45) is 5.42. The summed E-state index contributed by atoms with van der Waals surface area (Å²) in [5.74, 6) is -4.25. The number of aliphatic hydroxyl groups excluding tert-OH is 2. The largest absolute Gasteiger partial charge is 0.481 e. The predicted octanol–water partition coefficient (Wildman–Crippen LogP) is 4.98. The smallest absolute Gasteiger partial charge is 0.313 e. The molecule has 0 spiro atoms. The van der Waals surface area contributed by atoms with Crippen LogP contribution in [0.2, 0.25) is 0 Å². The Morgan fingerprint density at radius 2 is 0.857 bits per heavy atom. The van der Waals surface area contributed by atoms with Crippen molar-refractivity contribution < 1.29 is 65.8 Å². The molecule has 0 saturated heterocycles. The molecule has 0 radical (unpaired) electrons. The summed E-state index contributed by atoms with van der Waals surface area (Å²) in [6, 6.07) is 0. The molecule has 0 heterocycles. The second kappa shape index (κ2) is 24.8. The van der Waals surface area contributed by atoms with Gasteiger partial charge in [0.1, 0.15) is 11.8 Å². The van der Waals surface area contributed by atoms with Crippen molar-refractivity contribution >= 4 is 23.5 Å². The van der Waals surface area contributed by atoms with Crippen molar-refractivity contribution in [1.82, 2.24) is 0 Å². The molecular weight excluding hydrogens is 532 g/mol. The Morgan fingerprint density at radius 3 is 0.943 bits per heavy atom. The average Bonchev–Trinajstić information content (AvgIpc) is 2.79. The number of Topliss-reactive ketones (excluding diaryl/α,β-unsaturated/α-hetero) is 2. The molecule has 0 bridgehead atoms. The number of carbonyl (C=O) groups is 4. The molecule has 0 saturated carbocycles. The second-order valence-corrected chi connectivity index (χ2v) is 9.48. The molecule has 8 nitrogen and oxygen atoms in total. The molecule has 0 aliphatic carbocycles. The van der Waals surface area contributed by atoms with E-state index in [2.05, 4.69) is 13.8 Å². The van der Waals surface area contributed by atoms with Crippen LogP contribution in [0.1, 0.15) is 108 Å². The summed E-state index contributed by atoms with van der Waals surface area (Å²) in [7, 11) is 0. The van der Waals surface area contributed by atoms with Crippen molar-refractivity contribution in [2.45, 2.75) is 108 Å². The van der Waals surface area contributed by atoms with Gasteiger partial charge in [-0.05, 0) is 39.5 Å². The van der Waals surface area contributed by atoms with Gasteiger partial charge in [0.15, 0.2) is 11.6 Å². The van der Waals surface area contributed by atoms with Crippen LogP contribution < -0.4 is 0 Å². The summed E-state index contributed by atoms with van der Waals surface area (Å²) in [5.41, 5.74) is -1.03. The molecule has 0 aliphatic rings. The van der Waals surface area contributed by atoms with Gasteiger partial charge in [-0.25, -0.2) is 0 Å². The van der Waals surface area contributed by atoms with Crippen LogP contribution in [-0.4, -0.2) is 57.1 Å². The molecule has 9 heteroatoms. The van der Waals surface area contributed by atoms with Crippen LogP contribution in [0, 0.1) is 22.7 Å². The van der Waals surface area contributed by atoms with Gasteiger partial charge in [-0.2, -0.15) is 0 Å². The third kappa shape index (κ3) is 23.2.